The Morgan fingerprint density at radius 3 is 1.89 bits per heavy atom. The quantitative estimate of drug-likeness (QED) is 0.640. The molecule has 1 aromatic carbocycles. The first-order valence-corrected chi connectivity index (χ1v) is 14.9. The molecule has 2 radical (unpaired) electrons. The van der Waals surface area contributed by atoms with E-state index in [-0.39, 0.29) is 8.80 Å². The van der Waals surface area contributed by atoms with E-state index in [9.17, 15) is 0 Å². The fourth-order valence-corrected chi connectivity index (χ4v) is 5.23. The van der Waals surface area contributed by atoms with Crippen molar-refractivity contribution in [2.24, 2.45) is 5.92 Å². The molecular weight excluding hydrogens is 328 g/mol. The third kappa shape index (κ3) is 7.01. The van der Waals surface area contributed by atoms with E-state index in [0.717, 1.165) is 11.2 Å². The van der Waals surface area contributed by atoms with Crippen LogP contribution in [0.2, 0.25) is 23.4 Å². The van der Waals surface area contributed by atoms with E-state index >= 15 is 0 Å². The molecule has 0 unspecified atom stereocenters. The van der Waals surface area contributed by atoms with Crippen molar-refractivity contribution in [3.05, 3.63) is 30.3 Å². The molecule has 0 fully saturated rings. The average molecular weight is 358 g/mol. The summed E-state index contributed by atoms with van der Waals surface area (Å²) in [7, 11) is 6.05. The van der Waals surface area contributed by atoms with E-state index < -0.39 is 13.4 Å². The van der Waals surface area contributed by atoms with Gasteiger partial charge in [-0.3, -0.25) is 0 Å². The molecule has 0 spiro atoms. The summed E-state index contributed by atoms with van der Waals surface area (Å²) in [4.78, 5) is 0. The van der Waals surface area contributed by atoms with E-state index in [1.807, 2.05) is 6.07 Å². The molecule has 108 valence electrons. The van der Waals surface area contributed by atoms with Gasteiger partial charge in [0.1, 0.15) is 0 Å². The van der Waals surface area contributed by atoms with Crippen LogP contribution in [0.15, 0.2) is 30.3 Å². The van der Waals surface area contributed by atoms with Crippen LogP contribution in [0.5, 0.6) is 0 Å². The van der Waals surface area contributed by atoms with E-state index in [4.69, 9.17) is 10.0 Å². The Balaban J connectivity index is 0.000000344. The van der Waals surface area contributed by atoms with Gasteiger partial charge < -0.3 is 0 Å². The second kappa shape index (κ2) is 9.25. The zero-order chi connectivity index (χ0) is 15.1. The molecule has 0 saturated carbocycles. The summed E-state index contributed by atoms with van der Waals surface area (Å²) in [6, 6.07) is 10.4. The van der Waals surface area contributed by atoms with Gasteiger partial charge in [-0.15, -0.1) is 0 Å². The van der Waals surface area contributed by atoms with Crippen molar-refractivity contribution in [3.63, 3.8) is 0 Å². The molecule has 0 heterocycles. The zero-order valence-electron chi connectivity index (χ0n) is 13.5. The molecule has 0 aliphatic rings. The molecule has 0 atom stereocenters. The topological polar surface area (TPSA) is 0 Å². The maximum atomic E-state index is 6.16. The predicted octanol–water partition coefficient (Wildman–Crippen LogP) is 5.32. The first-order chi connectivity index (χ1) is 8.73. The molecule has 0 aliphatic heterocycles. The van der Waals surface area contributed by atoms with Crippen LogP contribution in [-0.4, -0.2) is 22.2 Å². The third-order valence-corrected chi connectivity index (χ3v) is 13.1. The Morgan fingerprint density at radius 2 is 1.63 bits per heavy atom. The summed E-state index contributed by atoms with van der Waals surface area (Å²) >= 11 is -1.32. The van der Waals surface area contributed by atoms with Crippen molar-refractivity contribution in [2.45, 2.75) is 58.0 Å². The van der Waals surface area contributed by atoms with Crippen molar-refractivity contribution in [3.8, 4) is 0 Å². The zero-order valence-corrected chi connectivity index (χ0v) is 17.4. The van der Waals surface area contributed by atoms with Crippen LogP contribution >= 0.6 is 10.0 Å². The summed E-state index contributed by atoms with van der Waals surface area (Å²) in [5.74, 6) is 0.835. The molecular formula is C16H29ClGeSi. The molecule has 0 bridgehead atoms. The Morgan fingerprint density at radius 1 is 1.16 bits per heavy atom. The monoisotopic (exact) mass is 358 g/mol. The number of hydrogen-bond donors (Lipinski definition) is 0. The average Bonchev–Trinajstić information content (AvgIpc) is 2.39. The van der Waals surface area contributed by atoms with E-state index in [0.29, 0.717) is 5.04 Å². The van der Waals surface area contributed by atoms with Crippen molar-refractivity contribution < 1.29 is 0 Å². The summed E-state index contributed by atoms with van der Waals surface area (Å²) in [6.07, 6.45) is 0. The minimum atomic E-state index is -1.32. The second-order valence-electron chi connectivity index (χ2n) is 6.00. The van der Waals surface area contributed by atoms with Crippen molar-refractivity contribution in [1.29, 1.82) is 0 Å². The van der Waals surface area contributed by atoms with Crippen molar-refractivity contribution in [2.75, 3.05) is 0 Å². The van der Waals surface area contributed by atoms with Crippen molar-refractivity contribution >= 4 is 36.6 Å². The Bertz CT molecular complexity index is 326. The summed E-state index contributed by atoms with van der Waals surface area (Å²) in [6.45, 7) is 16.3. The van der Waals surface area contributed by atoms with Gasteiger partial charge in [-0.05, 0) is 11.0 Å². The molecule has 1 rings (SSSR count). The number of hydrogen-bond acceptors (Lipinski definition) is 0. The normalized spacial score (nSPS) is 11.7. The van der Waals surface area contributed by atoms with Crippen LogP contribution in [0, 0.1) is 5.92 Å². The first kappa shape index (κ1) is 19.3. The van der Waals surface area contributed by atoms with Gasteiger partial charge in [-0.2, -0.15) is 0 Å². The molecule has 0 N–H and O–H groups in total. The third-order valence-electron chi connectivity index (χ3n) is 4.13. The summed E-state index contributed by atoms with van der Waals surface area (Å²) < 4.78 is 1.38. The maximum absolute atomic E-state index is 6.16. The Hall–Kier alpha value is 0.270. The van der Waals surface area contributed by atoms with Gasteiger partial charge in [0, 0.05) is 8.80 Å². The molecule has 0 nitrogen and oxygen atoms in total. The Kier molecular flexibility index (Phi) is 9.38. The number of benzene rings is 1. The van der Waals surface area contributed by atoms with Crippen molar-refractivity contribution in [1.82, 2.24) is 0 Å². The van der Waals surface area contributed by atoms with Gasteiger partial charge in [0.25, 0.3) is 0 Å². The van der Waals surface area contributed by atoms with E-state index in [1.165, 1.54) is 4.40 Å². The molecule has 0 aromatic heterocycles. The van der Waals surface area contributed by atoms with Crippen LogP contribution in [0.3, 0.4) is 0 Å². The van der Waals surface area contributed by atoms with Crippen LogP contribution in [0.25, 0.3) is 0 Å². The molecule has 0 amide bonds. The molecule has 0 saturated heterocycles. The number of halogens is 1. The molecule has 3 heteroatoms. The van der Waals surface area contributed by atoms with E-state index in [1.54, 1.807) is 0 Å². The minimum absolute atomic E-state index is 0.110. The predicted molar refractivity (Wildman–Crippen MR) is 94.5 cm³/mol. The van der Waals surface area contributed by atoms with E-state index in [2.05, 4.69) is 72.0 Å². The molecule has 1 aromatic rings. The van der Waals surface area contributed by atoms with Crippen LogP contribution in [0.1, 0.15) is 34.6 Å². The van der Waals surface area contributed by atoms with Crippen LogP contribution in [0.4, 0.5) is 0 Å². The fraction of sp³-hybridized carbons (Fsp3) is 0.625. The van der Waals surface area contributed by atoms with Gasteiger partial charge in [0.05, 0.1) is 0 Å². The molecule has 19 heavy (non-hydrogen) atoms. The van der Waals surface area contributed by atoms with Gasteiger partial charge in [-0.25, -0.2) is 0 Å². The SMILES string of the molecule is CC(C)C(C)(C)[Si](C)C.C[CH2][Ge]([Cl])[c]1ccccc1. The standard InChI is InChI=1S/C8H10ClGe.C8H19Si/c1-2-10(9)8-6-4-3-5-7-8;1-7(2)8(3,4)9(5)6/h3-7H,2H2,1H3;7H,1-6H3. The van der Waals surface area contributed by atoms with Gasteiger partial charge in [0.15, 0.2) is 0 Å². The summed E-state index contributed by atoms with van der Waals surface area (Å²) in [5.41, 5.74) is 0. The first-order valence-electron chi connectivity index (χ1n) is 7.10. The van der Waals surface area contributed by atoms with Crippen LogP contribution < -0.4 is 4.40 Å². The second-order valence-corrected chi connectivity index (χ2v) is 16.1. The summed E-state index contributed by atoms with van der Waals surface area (Å²) in [5, 5.41) is 1.76. The van der Waals surface area contributed by atoms with Gasteiger partial charge >= 0.3 is 70.3 Å². The number of rotatable bonds is 4. The van der Waals surface area contributed by atoms with Gasteiger partial charge in [0.2, 0.25) is 0 Å². The van der Waals surface area contributed by atoms with Gasteiger partial charge in [-0.1, -0.05) is 40.8 Å². The fourth-order valence-electron chi connectivity index (χ4n) is 1.40. The molecule has 0 aliphatic carbocycles. The van der Waals surface area contributed by atoms with Crippen LogP contribution in [-0.2, 0) is 0 Å². The Labute approximate surface area is 130 Å².